The predicted molar refractivity (Wildman–Crippen MR) is 96.2 cm³/mol. The van der Waals surface area contributed by atoms with Crippen LogP contribution in [0.15, 0.2) is 24.3 Å². The fourth-order valence-corrected chi connectivity index (χ4v) is 4.30. The summed E-state index contributed by atoms with van der Waals surface area (Å²) < 4.78 is 0. The standard InChI is InChI=1S/C17H23ClN6/c18-13-4-1-3-12(11-13)15-5-2-8-24(15)14-6-9-23(10-7-14)17-20-16(19)21-22-17/h1,3-4,11,14-15H,2,5-10H2,(H3,19,20,21,22). The van der Waals surface area contributed by atoms with Crippen LogP contribution >= 0.6 is 11.6 Å². The van der Waals surface area contributed by atoms with Crippen molar-refractivity contribution < 1.29 is 0 Å². The van der Waals surface area contributed by atoms with E-state index in [9.17, 15) is 0 Å². The largest absolute Gasteiger partial charge is 0.368 e. The van der Waals surface area contributed by atoms with E-state index in [1.807, 2.05) is 6.07 Å². The number of H-pyrrole nitrogens is 1. The summed E-state index contributed by atoms with van der Waals surface area (Å²) in [5, 5.41) is 7.72. The van der Waals surface area contributed by atoms with Crippen molar-refractivity contribution in [3.8, 4) is 0 Å². The Morgan fingerprint density at radius 1 is 1.17 bits per heavy atom. The van der Waals surface area contributed by atoms with E-state index in [1.165, 1.54) is 24.9 Å². The van der Waals surface area contributed by atoms with E-state index >= 15 is 0 Å². The maximum absolute atomic E-state index is 6.19. The quantitative estimate of drug-likeness (QED) is 0.894. The highest BCUT2D eigenvalue weighted by Gasteiger charge is 2.34. The molecule has 3 heterocycles. The Kier molecular flexibility index (Phi) is 4.33. The zero-order valence-corrected chi connectivity index (χ0v) is 14.4. The summed E-state index contributed by atoms with van der Waals surface area (Å²) >= 11 is 6.19. The molecule has 1 aromatic carbocycles. The Morgan fingerprint density at radius 3 is 2.71 bits per heavy atom. The van der Waals surface area contributed by atoms with Crippen LogP contribution in [0.3, 0.4) is 0 Å². The van der Waals surface area contributed by atoms with E-state index < -0.39 is 0 Å². The van der Waals surface area contributed by atoms with Gasteiger partial charge in [0.1, 0.15) is 0 Å². The number of nitrogens with zero attached hydrogens (tertiary/aromatic N) is 4. The average Bonchev–Trinajstić information content (AvgIpc) is 3.24. The molecule has 2 aromatic rings. The molecule has 4 rings (SSSR count). The molecule has 1 atom stereocenters. The van der Waals surface area contributed by atoms with E-state index in [4.69, 9.17) is 17.3 Å². The number of aromatic amines is 1. The van der Waals surface area contributed by atoms with Crippen LogP contribution in [-0.4, -0.2) is 45.8 Å². The van der Waals surface area contributed by atoms with Gasteiger partial charge in [-0.1, -0.05) is 23.7 Å². The maximum atomic E-state index is 6.19. The zero-order chi connectivity index (χ0) is 16.5. The molecule has 7 heteroatoms. The van der Waals surface area contributed by atoms with E-state index in [-0.39, 0.29) is 0 Å². The number of halogens is 1. The first-order valence-corrected chi connectivity index (χ1v) is 9.02. The SMILES string of the molecule is Nc1nc(N2CCC(N3CCCC3c3cccc(Cl)c3)CC2)n[nH]1. The molecule has 6 nitrogen and oxygen atoms in total. The molecular formula is C17H23ClN6. The van der Waals surface area contributed by atoms with Gasteiger partial charge in [0, 0.05) is 30.2 Å². The molecule has 2 fully saturated rings. The molecule has 2 aliphatic heterocycles. The third-order valence-corrected chi connectivity index (χ3v) is 5.47. The van der Waals surface area contributed by atoms with Crippen LogP contribution in [0.4, 0.5) is 11.9 Å². The van der Waals surface area contributed by atoms with Crippen LogP contribution in [0.1, 0.15) is 37.3 Å². The fourth-order valence-electron chi connectivity index (χ4n) is 4.10. The number of likely N-dealkylation sites (tertiary alicyclic amines) is 1. The van der Waals surface area contributed by atoms with Gasteiger partial charge in [-0.05, 0) is 49.9 Å². The number of benzene rings is 1. The summed E-state index contributed by atoms with van der Waals surface area (Å²) in [7, 11) is 0. The van der Waals surface area contributed by atoms with Crippen molar-refractivity contribution in [2.75, 3.05) is 30.3 Å². The molecule has 2 aliphatic rings. The smallest absolute Gasteiger partial charge is 0.246 e. The maximum Gasteiger partial charge on any atom is 0.246 e. The normalized spacial score (nSPS) is 23.0. The summed E-state index contributed by atoms with van der Waals surface area (Å²) in [6, 6.07) is 9.45. The summed E-state index contributed by atoms with van der Waals surface area (Å²) in [6.45, 7) is 3.12. The summed E-state index contributed by atoms with van der Waals surface area (Å²) in [5.74, 6) is 1.10. The second-order valence-electron chi connectivity index (χ2n) is 6.69. The highest BCUT2D eigenvalue weighted by molar-refractivity contribution is 6.30. The Labute approximate surface area is 147 Å². The number of hydrogen-bond acceptors (Lipinski definition) is 5. The molecule has 128 valence electrons. The van der Waals surface area contributed by atoms with Crippen molar-refractivity contribution in [2.45, 2.75) is 37.8 Å². The second-order valence-corrected chi connectivity index (χ2v) is 7.13. The van der Waals surface area contributed by atoms with Gasteiger partial charge < -0.3 is 10.6 Å². The Bertz CT molecular complexity index is 694. The number of anilines is 2. The van der Waals surface area contributed by atoms with E-state index in [2.05, 4.69) is 43.2 Å². The summed E-state index contributed by atoms with van der Waals surface area (Å²) in [5.41, 5.74) is 6.98. The first-order valence-electron chi connectivity index (χ1n) is 8.65. The van der Waals surface area contributed by atoms with Crippen LogP contribution in [-0.2, 0) is 0 Å². The van der Waals surface area contributed by atoms with Crippen molar-refractivity contribution in [1.82, 2.24) is 20.1 Å². The van der Waals surface area contributed by atoms with E-state index in [1.54, 1.807) is 0 Å². The molecule has 0 aliphatic carbocycles. The third-order valence-electron chi connectivity index (χ3n) is 5.23. The van der Waals surface area contributed by atoms with Crippen molar-refractivity contribution >= 4 is 23.5 Å². The summed E-state index contributed by atoms with van der Waals surface area (Å²) in [4.78, 5) is 9.13. The summed E-state index contributed by atoms with van der Waals surface area (Å²) in [6.07, 6.45) is 4.74. The minimum atomic E-state index is 0.382. The number of aromatic nitrogens is 3. The van der Waals surface area contributed by atoms with Gasteiger partial charge in [-0.2, -0.15) is 4.98 Å². The molecule has 24 heavy (non-hydrogen) atoms. The molecule has 1 unspecified atom stereocenters. The molecule has 0 saturated carbocycles. The lowest BCUT2D eigenvalue weighted by Crippen LogP contribution is -2.45. The van der Waals surface area contributed by atoms with Gasteiger partial charge in [-0.3, -0.25) is 4.90 Å². The predicted octanol–water partition coefficient (Wildman–Crippen LogP) is 2.85. The van der Waals surface area contributed by atoms with Crippen LogP contribution in [0, 0.1) is 0 Å². The molecule has 1 aromatic heterocycles. The van der Waals surface area contributed by atoms with E-state index in [0.29, 0.717) is 18.0 Å². The molecule has 0 amide bonds. The van der Waals surface area contributed by atoms with Crippen LogP contribution < -0.4 is 10.6 Å². The third kappa shape index (κ3) is 3.08. The number of nitrogen functional groups attached to an aromatic ring is 1. The number of nitrogens with two attached hydrogens (primary N) is 1. The lowest BCUT2D eigenvalue weighted by atomic mass is 9.99. The van der Waals surface area contributed by atoms with Gasteiger partial charge in [-0.15, -0.1) is 5.10 Å². The minimum Gasteiger partial charge on any atom is -0.368 e. The van der Waals surface area contributed by atoms with Crippen LogP contribution in [0.5, 0.6) is 0 Å². The number of rotatable bonds is 3. The number of hydrogen-bond donors (Lipinski definition) is 2. The molecule has 0 spiro atoms. The van der Waals surface area contributed by atoms with Gasteiger partial charge in [0.2, 0.25) is 11.9 Å². The minimum absolute atomic E-state index is 0.382. The number of nitrogens with one attached hydrogen (secondary N) is 1. The second kappa shape index (κ2) is 6.61. The Balaban J connectivity index is 1.43. The molecule has 0 bridgehead atoms. The zero-order valence-electron chi connectivity index (χ0n) is 13.7. The van der Waals surface area contributed by atoms with E-state index in [0.717, 1.165) is 36.9 Å². The molecule has 2 saturated heterocycles. The number of piperidine rings is 1. The van der Waals surface area contributed by atoms with Gasteiger partial charge in [-0.25, -0.2) is 5.10 Å². The lowest BCUT2D eigenvalue weighted by molar-refractivity contribution is 0.154. The van der Waals surface area contributed by atoms with Gasteiger partial charge in [0.25, 0.3) is 0 Å². The van der Waals surface area contributed by atoms with Crippen molar-refractivity contribution in [3.05, 3.63) is 34.9 Å². The molecule has 3 N–H and O–H groups in total. The van der Waals surface area contributed by atoms with Crippen LogP contribution in [0.2, 0.25) is 5.02 Å². The van der Waals surface area contributed by atoms with Crippen molar-refractivity contribution in [1.29, 1.82) is 0 Å². The molecular weight excluding hydrogens is 324 g/mol. The monoisotopic (exact) mass is 346 g/mol. The first-order chi connectivity index (χ1) is 11.7. The average molecular weight is 347 g/mol. The van der Waals surface area contributed by atoms with Crippen molar-refractivity contribution in [2.24, 2.45) is 0 Å². The highest BCUT2D eigenvalue weighted by Crippen LogP contribution is 2.37. The van der Waals surface area contributed by atoms with Crippen molar-refractivity contribution in [3.63, 3.8) is 0 Å². The van der Waals surface area contributed by atoms with Gasteiger partial charge in [0.15, 0.2) is 0 Å². The molecule has 0 radical (unpaired) electrons. The van der Waals surface area contributed by atoms with Crippen LogP contribution in [0.25, 0.3) is 0 Å². The fraction of sp³-hybridized carbons (Fsp3) is 0.529. The Hall–Kier alpha value is -1.79. The van der Waals surface area contributed by atoms with Gasteiger partial charge >= 0.3 is 0 Å². The van der Waals surface area contributed by atoms with Gasteiger partial charge in [0.05, 0.1) is 0 Å². The Morgan fingerprint density at radius 2 is 2.00 bits per heavy atom. The first kappa shape index (κ1) is 15.7. The lowest BCUT2D eigenvalue weighted by Gasteiger charge is -2.39. The highest BCUT2D eigenvalue weighted by atomic mass is 35.5. The topological polar surface area (TPSA) is 74.1 Å².